The molecule has 8 heteroatoms. The molecule has 0 saturated heterocycles. The maximum absolute atomic E-state index is 12.5. The van der Waals surface area contributed by atoms with E-state index >= 15 is 0 Å². The highest BCUT2D eigenvalue weighted by Crippen LogP contribution is 2.23. The van der Waals surface area contributed by atoms with E-state index in [0.29, 0.717) is 35.2 Å². The first-order valence-corrected chi connectivity index (χ1v) is 8.87. The number of methoxy groups -OCH3 is 3. The molecule has 0 unspecified atom stereocenters. The Balaban J connectivity index is 1.64. The van der Waals surface area contributed by atoms with E-state index < -0.39 is 0 Å². The Bertz CT molecular complexity index is 954. The number of anilines is 2. The van der Waals surface area contributed by atoms with E-state index in [2.05, 4.69) is 20.8 Å². The number of amides is 1. The standard InChI is InChI=1S/C21H22N4O4/c1-27-16-10-15(11-17(12-16)28-2)21(26)23-20-9-8-19(24-25-20)22-13-14-6-4-5-7-18(14)29-3/h4-12H,13H2,1-3H3,(H,22,24)(H,23,25,26). The zero-order chi connectivity index (χ0) is 20.6. The van der Waals surface area contributed by atoms with Gasteiger partial charge >= 0.3 is 0 Å². The van der Waals surface area contributed by atoms with Gasteiger partial charge in [-0.05, 0) is 30.3 Å². The van der Waals surface area contributed by atoms with Crippen LogP contribution >= 0.6 is 0 Å². The maximum atomic E-state index is 12.5. The average molecular weight is 394 g/mol. The van der Waals surface area contributed by atoms with Crippen molar-refractivity contribution in [2.45, 2.75) is 6.54 Å². The number of hydrogen-bond donors (Lipinski definition) is 2. The summed E-state index contributed by atoms with van der Waals surface area (Å²) in [6, 6.07) is 16.1. The highest BCUT2D eigenvalue weighted by molar-refractivity contribution is 6.04. The Kier molecular flexibility index (Phi) is 6.47. The quantitative estimate of drug-likeness (QED) is 0.605. The molecular formula is C21H22N4O4. The van der Waals surface area contributed by atoms with Crippen LogP contribution in [0, 0.1) is 0 Å². The van der Waals surface area contributed by atoms with Crippen LogP contribution in [0.2, 0.25) is 0 Å². The molecule has 0 bridgehead atoms. The van der Waals surface area contributed by atoms with Gasteiger partial charge in [-0.2, -0.15) is 0 Å². The van der Waals surface area contributed by atoms with Gasteiger partial charge in [0.05, 0.1) is 21.3 Å². The minimum absolute atomic E-state index is 0.333. The lowest BCUT2D eigenvalue weighted by Gasteiger charge is -2.10. The summed E-state index contributed by atoms with van der Waals surface area (Å²) in [5, 5.41) is 14.0. The molecule has 0 saturated carbocycles. The second kappa shape index (κ2) is 9.41. The Labute approximate surface area is 168 Å². The van der Waals surface area contributed by atoms with Crippen LogP contribution < -0.4 is 24.8 Å². The second-order valence-corrected chi connectivity index (χ2v) is 6.02. The molecule has 0 radical (unpaired) electrons. The third kappa shape index (κ3) is 5.13. The molecule has 0 aliphatic carbocycles. The molecular weight excluding hydrogens is 372 g/mol. The molecule has 8 nitrogen and oxygen atoms in total. The predicted molar refractivity (Wildman–Crippen MR) is 110 cm³/mol. The topological polar surface area (TPSA) is 94.6 Å². The molecule has 3 aromatic rings. The molecule has 1 heterocycles. The molecule has 0 spiro atoms. The number of para-hydroxylation sites is 1. The first kappa shape index (κ1) is 19.9. The molecule has 3 rings (SSSR count). The molecule has 0 fully saturated rings. The largest absolute Gasteiger partial charge is 0.497 e. The van der Waals surface area contributed by atoms with E-state index in [-0.39, 0.29) is 5.91 Å². The number of hydrogen-bond acceptors (Lipinski definition) is 7. The third-order valence-electron chi connectivity index (χ3n) is 4.17. The van der Waals surface area contributed by atoms with Crippen LogP contribution in [0.5, 0.6) is 17.2 Å². The van der Waals surface area contributed by atoms with Gasteiger partial charge in [0.25, 0.3) is 5.91 Å². The van der Waals surface area contributed by atoms with Crippen LogP contribution in [0.1, 0.15) is 15.9 Å². The van der Waals surface area contributed by atoms with E-state index in [9.17, 15) is 4.79 Å². The summed E-state index contributed by atoms with van der Waals surface area (Å²) in [4.78, 5) is 12.5. The summed E-state index contributed by atoms with van der Waals surface area (Å²) in [6.07, 6.45) is 0. The van der Waals surface area contributed by atoms with Gasteiger partial charge in [-0.3, -0.25) is 4.79 Å². The summed E-state index contributed by atoms with van der Waals surface area (Å²) in [6.45, 7) is 0.536. The van der Waals surface area contributed by atoms with Crippen molar-refractivity contribution in [2.24, 2.45) is 0 Å². The van der Waals surface area contributed by atoms with Gasteiger partial charge < -0.3 is 24.8 Å². The lowest BCUT2D eigenvalue weighted by atomic mass is 10.2. The number of carbonyl (C=O) groups is 1. The molecule has 0 aliphatic rings. The Morgan fingerprint density at radius 1 is 0.862 bits per heavy atom. The van der Waals surface area contributed by atoms with E-state index in [1.54, 1.807) is 37.4 Å². The van der Waals surface area contributed by atoms with Gasteiger partial charge in [0.15, 0.2) is 5.82 Å². The zero-order valence-corrected chi connectivity index (χ0v) is 16.4. The summed E-state index contributed by atoms with van der Waals surface area (Å²) in [5.74, 6) is 2.42. The number of aromatic nitrogens is 2. The van der Waals surface area contributed by atoms with Crippen molar-refractivity contribution in [1.82, 2.24) is 10.2 Å². The van der Waals surface area contributed by atoms with Gasteiger partial charge in [-0.1, -0.05) is 18.2 Å². The van der Waals surface area contributed by atoms with Gasteiger partial charge in [-0.25, -0.2) is 0 Å². The second-order valence-electron chi connectivity index (χ2n) is 6.02. The minimum Gasteiger partial charge on any atom is -0.497 e. The van der Waals surface area contributed by atoms with Crippen molar-refractivity contribution in [3.05, 3.63) is 65.7 Å². The van der Waals surface area contributed by atoms with E-state index in [1.165, 1.54) is 14.2 Å². The first-order valence-electron chi connectivity index (χ1n) is 8.87. The maximum Gasteiger partial charge on any atom is 0.257 e. The van der Waals surface area contributed by atoms with Crippen LogP contribution in [-0.2, 0) is 6.54 Å². The normalized spacial score (nSPS) is 10.2. The molecule has 2 aromatic carbocycles. The van der Waals surface area contributed by atoms with Gasteiger partial charge in [0.2, 0.25) is 0 Å². The fraction of sp³-hybridized carbons (Fsp3) is 0.190. The van der Waals surface area contributed by atoms with Gasteiger partial charge in [0, 0.05) is 23.7 Å². The van der Waals surface area contributed by atoms with Crippen LogP contribution in [-0.4, -0.2) is 37.4 Å². The van der Waals surface area contributed by atoms with Gasteiger partial charge in [0.1, 0.15) is 23.1 Å². The Morgan fingerprint density at radius 2 is 1.52 bits per heavy atom. The Hall–Kier alpha value is -3.81. The predicted octanol–water partition coefficient (Wildman–Crippen LogP) is 3.37. The highest BCUT2D eigenvalue weighted by atomic mass is 16.5. The van der Waals surface area contributed by atoms with Crippen LogP contribution in [0.15, 0.2) is 54.6 Å². The molecule has 29 heavy (non-hydrogen) atoms. The average Bonchev–Trinajstić information content (AvgIpc) is 2.78. The zero-order valence-electron chi connectivity index (χ0n) is 16.4. The van der Waals surface area contributed by atoms with Crippen molar-refractivity contribution >= 4 is 17.5 Å². The molecule has 0 atom stereocenters. The third-order valence-corrected chi connectivity index (χ3v) is 4.17. The SMILES string of the molecule is COc1cc(OC)cc(C(=O)Nc2ccc(NCc3ccccc3OC)nn2)c1. The molecule has 150 valence electrons. The Morgan fingerprint density at radius 3 is 2.14 bits per heavy atom. The molecule has 2 N–H and O–H groups in total. The number of nitrogens with one attached hydrogen (secondary N) is 2. The van der Waals surface area contributed by atoms with Crippen molar-refractivity contribution in [1.29, 1.82) is 0 Å². The van der Waals surface area contributed by atoms with Crippen molar-refractivity contribution in [3.8, 4) is 17.2 Å². The highest BCUT2D eigenvalue weighted by Gasteiger charge is 2.11. The van der Waals surface area contributed by atoms with Crippen LogP contribution in [0.25, 0.3) is 0 Å². The fourth-order valence-corrected chi connectivity index (χ4v) is 2.66. The summed E-state index contributed by atoms with van der Waals surface area (Å²) < 4.78 is 15.7. The number of benzene rings is 2. The van der Waals surface area contributed by atoms with E-state index in [4.69, 9.17) is 14.2 Å². The van der Waals surface area contributed by atoms with E-state index in [1.807, 2.05) is 24.3 Å². The fourth-order valence-electron chi connectivity index (χ4n) is 2.66. The van der Waals surface area contributed by atoms with Crippen molar-refractivity contribution < 1.29 is 19.0 Å². The number of rotatable bonds is 8. The minimum atomic E-state index is -0.341. The molecule has 0 aliphatic heterocycles. The number of ether oxygens (including phenoxy) is 3. The molecule has 1 amide bonds. The first-order chi connectivity index (χ1) is 14.1. The number of nitrogens with zero attached hydrogens (tertiary/aromatic N) is 2. The monoisotopic (exact) mass is 394 g/mol. The smallest absolute Gasteiger partial charge is 0.257 e. The van der Waals surface area contributed by atoms with Gasteiger partial charge in [-0.15, -0.1) is 10.2 Å². The lowest BCUT2D eigenvalue weighted by molar-refractivity contribution is 0.102. The van der Waals surface area contributed by atoms with Crippen molar-refractivity contribution in [2.75, 3.05) is 32.0 Å². The lowest BCUT2D eigenvalue weighted by Crippen LogP contribution is -2.14. The summed E-state index contributed by atoms with van der Waals surface area (Å²) in [5.41, 5.74) is 1.39. The summed E-state index contributed by atoms with van der Waals surface area (Å²) >= 11 is 0. The summed E-state index contributed by atoms with van der Waals surface area (Å²) in [7, 11) is 4.69. The van der Waals surface area contributed by atoms with Crippen LogP contribution in [0.3, 0.4) is 0 Å². The van der Waals surface area contributed by atoms with E-state index in [0.717, 1.165) is 11.3 Å². The van der Waals surface area contributed by atoms with Crippen LogP contribution in [0.4, 0.5) is 11.6 Å². The number of carbonyl (C=O) groups excluding carboxylic acids is 1. The molecule has 1 aromatic heterocycles. The van der Waals surface area contributed by atoms with Crippen molar-refractivity contribution in [3.63, 3.8) is 0 Å².